The first-order chi connectivity index (χ1) is 11.9. The molecule has 9 heteroatoms. The van der Waals surface area contributed by atoms with E-state index in [9.17, 15) is 22.7 Å². The first-order valence-electron chi connectivity index (χ1n) is 7.03. The number of nitrogens with zero attached hydrogens (tertiary/aromatic N) is 2. The Morgan fingerprint density at radius 1 is 1.12 bits per heavy atom. The minimum absolute atomic E-state index is 0.0493. The molecule has 0 fully saturated rings. The van der Waals surface area contributed by atoms with E-state index in [1.807, 2.05) is 0 Å². The van der Waals surface area contributed by atoms with Crippen molar-refractivity contribution in [2.75, 3.05) is 5.32 Å². The van der Waals surface area contributed by atoms with Crippen LogP contribution in [0.15, 0.2) is 42.7 Å². The van der Waals surface area contributed by atoms with Crippen molar-refractivity contribution in [3.05, 3.63) is 59.0 Å². The van der Waals surface area contributed by atoms with Gasteiger partial charge >= 0.3 is 6.18 Å². The van der Waals surface area contributed by atoms with Crippen LogP contribution < -0.4 is 5.32 Å². The summed E-state index contributed by atoms with van der Waals surface area (Å²) in [5.74, 6) is -1.34. The van der Waals surface area contributed by atoms with E-state index in [2.05, 4.69) is 15.3 Å². The van der Waals surface area contributed by atoms with Crippen LogP contribution in [0.4, 0.5) is 28.4 Å². The zero-order chi connectivity index (χ0) is 18.0. The predicted octanol–water partition coefficient (Wildman–Crippen LogP) is 4.60. The number of aliphatic hydroxyl groups excluding tert-OH is 1. The van der Waals surface area contributed by atoms with Crippen molar-refractivity contribution in [1.82, 2.24) is 9.97 Å². The van der Waals surface area contributed by atoms with E-state index in [0.29, 0.717) is 16.6 Å². The summed E-state index contributed by atoms with van der Waals surface area (Å²) in [5, 5.41) is 12.5. The summed E-state index contributed by atoms with van der Waals surface area (Å²) in [4.78, 5) is 8.75. The number of alkyl halides is 3. The van der Waals surface area contributed by atoms with Gasteiger partial charge in [-0.1, -0.05) is 11.3 Å². The van der Waals surface area contributed by atoms with E-state index < -0.39 is 17.6 Å². The van der Waals surface area contributed by atoms with Crippen molar-refractivity contribution in [1.29, 1.82) is 0 Å². The molecular formula is C16H11F4N3OS. The van der Waals surface area contributed by atoms with E-state index in [1.54, 1.807) is 24.5 Å². The zero-order valence-corrected chi connectivity index (χ0v) is 13.3. The Balaban J connectivity index is 1.93. The Hall–Kier alpha value is -2.52. The lowest BCUT2D eigenvalue weighted by Crippen LogP contribution is -2.08. The topological polar surface area (TPSA) is 58.0 Å². The Morgan fingerprint density at radius 2 is 1.84 bits per heavy atom. The average molecular weight is 369 g/mol. The van der Waals surface area contributed by atoms with Crippen molar-refractivity contribution < 1.29 is 22.7 Å². The molecule has 0 aliphatic heterocycles. The van der Waals surface area contributed by atoms with Gasteiger partial charge in [-0.3, -0.25) is 4.98 Å². The van der Waals surface area contributed by atoms with Gasteiger partial charge in [0.2, 0.25) is 0 Å². The van der Waals surface area contributed by atoms with Crippen molar-refractivity contribution in [3.63, 3.8) is 0 Å². The smallest absolute Gasteiger partial charge is 0.391 e. The standard InChI is InChI=1S/C16H11F4N3OS/c17-12-2-1-10(7-11(12)16(18,19)20)22-15-23-14(13(8-24)25-15)9-3-5-21-6-4-9/h1-7,24H,8H2,(H,22,23). The number of anilines is 2. The van der Waals surface area contributed by atoms with Crippen molar-refractivity contribution in [2.24, 2.45) is 0 Å². The van der Waals surface area contributed by atoms with Gasteiger partial charge in [0.1, 0.15) is 5.82 Å². The fourth-order valence-electron chi connectivity index (χ4n) is 2.19. The molecule has 2 heterocycles. The summed E-state index contributed by atoms with van der Waals surface area (Å²) in [6.45, 7) is -0.270. The molecule has 25 heavy (non-hydrogen) atoms. The Labute approximate surface area is 143 Å². The molecular weight excluding hydrogens is 358 g/mol. The van der Waals surface area contributed by atoms with E-state index in [-0.39, 0.29) is 17.4 Å². The number of rotatable bonds is 4. The van der Waals surface area contributed by atoms with Crippen molar-refractivity contribution in [2.45, 2.75) is 12.8 Å². The number of aromatic nitrogens is 2. The van der Waals surface area contributed by atoms with Gasteiger partial charge in [-0.15, -0.1) is 0 Å². The number of pyridine rings is 1. The molecule has 0 bridgehead atoms. The molecule has 130 valence electrons. The number of aliphatic hydroxyl groups is 1. The third-order valence-corrected chi connectivity index (χ3v) is 4.27. The number of nitrogens with one attached hydrogen (secondary N) is 1. The van der Waals surface area contributed by atoms with E-state index >= 15 is 0 Å². The summed E-state index contributed by atoms with van der Waals surface area (Å²) in [5.41, 5.74) is -0.0759. The number of halogens is 4. The van der Waals surface area contributed by atoms with Crippen LogP contribution in [0, 0.1) is 5.82 Å². The molecule has 2 aromatic heterocycles. The Morgan fingerprint density at radius 3 is 2.48 bits per heavy atom. The lowest BCUT2D eigenvalue weighted by atomic mass is 10.2. The summed E-state index contributed by atoms with van der Waals surface area (Å²) in [7, 11) is 0. The van der Waals surface area contributed by atoms with Gasteiger partial charge in [0.25, 0.3) is 0 Å². The summed E-state index contributed by atoms with van der Waals surface area (Å²) in [6, 6.07) is 6.03. The van der Waals surface area contributed by atoms with Gasteiger partial charge < -0.3 is 10.4 Å². The van der Waals surface area contributed by atoms with Crippen LogP contribution in [0.1, 0.15) is 10.4 Å². The highest BCUT2D eigenvalue weighted by Crippen LogP contribution is 2.36. The summed E-state index contributed by atoms with van der Waals surface area (Å²) < 4.78 is 51.7. The van der Waals surface area contributed by atoms with E-state index in [0.717, 1.165) is 23.0 Å². The molecule has 2 N–H and O–H groups in total. The van der Waals surface area contributed by atoms with Crippen molar-refractivity contribution in [3.8, 4) is 11.3 Å². The molecule has 0 atom stereocenters. The minimum atomic E-state index is -4.79. The highest BCUT2D eigenvalue weighted by molar-refractivity contribution is 7.16. The maximum absolute atomic E-state index is 13.3. The molecule has 0 saturated heterocycles. The van der Waals surface area contributed by atoms with Gasteiger partial charge in [0, 0.05) is 23.6 Å². The van der Waals surface area contributed by atoms with Gasteiger partial charge in [-0.05, 0) is 30.3 Å². The third-order valence-electron chi connectivity index (χ3n) is 3.32. The summed E-state index contributed by atoms with van der Waals surface area (Å²) in [6.07, 6.45) is -1.65. The van der Waals surface area contributed by atoms with E-state index in [1.165, 1.54) is 6.07 Å². The second kappa shape index (κ2) is 6.77. The summed E-state index contributed by atoms with van der Waals surface area (Å²) >= 11 is 1.10. The monoisotopic (exact) mass is 369 g/mol. The highest BCUT2D eigenvalue weighted by atomic mass is 32.1. The van der Waals surface area contributed by atoms with Crippen LogP contribution in [0.3, 0.4) is 0 Å². The SMILES string of the molecule is OCc1sc(Nc2ccc(F)c(C(F)(F)F)c2)nc1-c1ccncc1. The second-order valence-corrected chi connectivity index (χ2v) is 6.09. The molecule has 0 radical (unpaired) electrons. The number of hydrogen-bond donors (Lipinski definition) is 2. The number of thiazole rings is 1. The largest absolute Gasteiger partial charge is 0.419 e. The van der Waals surface area contributed by atoms with Crippen LogP contribution in [0.2, 0.25) is 0 Å². The van der Waals surface area contributed by atoms with Gasteiger partial charge in [0.05, 0.1) is 22.7 Å². The number of hydrogen-bond acceptors (Lipinski definition) is 5. The van der Waals surface area contributed by atoms with Gasteiger partial charge in [-0.25, -0.2) is 9.37 Å². The first-order valence-corrected chi connectivity index (χ1v) is 7.85. The van der Waals surface area contributed by atoms with Crippen LogP contribution in [-0.2, 0) is 12.8 Å². The van der Waals surface area contributed by atoms with Crippen LogP contribution >= 0.6 is 11.3 Å². The maximum atomic E-state index is 13.3. The highest BCUT2D eigenvalue weighted by Gasteiger charge is 2.34. The lowest BCUT2D eigenvalue weighted by molar-refractivity contribution is -0.139. The molecule has 0 spiro atoms. The second-order valence-electron chi connectivity index (χ2n) is 5.00. The Bertz CT molecular complexity index is 881. The molecule has 0 amide bonds. The zero-order valence-electron chi connectivity index (χ0n) is 12.5. The van der Waals surface area contributed by atoms with E-state index in [4.69, 9.17) is 0 Å². The van der Waals surface area contributed by atoms with Gasteiger partial charge in [-0.2, -0.15) is 13.2 Å². The predicted molar refractivity (Wildman–Crippen MR) is 86.0 cm³/mol. The van der Waals surface area contributed by atoms with Gasteiger partial charge in [0.15, 0.2) is 5.13 Å². The first kappa shape index (κ1) is 17.3. The molecule has 3 aromatic rings. The van der Waals surface area contributed by atoms with Crippen LogP contribution in [-0.4, -0.2) is 15.1 Å². The molecule has 0 aliphatic rings. The molecule has 0 aliphatic carbocycles. The maximum Gasteiger partial charge on any atom is 0.419 e. The molecule has 1 aromatic carbocycles. The third kappa shape index (κ3) is 3.77. The molecule has 0 unspecified atom stereocenters. The molecule has 4 nitrogen and oxygen atoms in total. The minimum Gasteiger partial charge on any atom is -0.391 e. The molecule has 0 saturated carbocycles. The normalized spacial score (nSPS) is 11.6. The number of benzene rings is 1. The van der Waals surface area contributed by atoms with Crippen LogP contribution in [0.25, 0.3) is 11.3 Å². The van der Waals surface area contributed by atoms with Crippen LogP contribution in [0.5, 0.6) is 0 Å². The lowest BCUT2D eigenvalue weighted by Gasteiger charge is -2.10. The fourth-order valence-corrected chi connectivity index (χ4v) is 3.06. The quantitative estimate of drug-likeness (QED) is 0.660. The average Bonchev–Trinajstić information content (AvgIpc) is 2.99. The molecule has 3 rings (SSSR count). The fraction of sp³-hybridized carbons (Fsp3) is 0.125. The van der Waals surface area contributed by atoms with Crippen molar-refractivity contribution >= 4 is 22.2 Å². The Kier molecular flexibility index (Phi) is 4.69.